The van der Waals surface area contributed by atoms with Gasteiger partial charge >= 0.3 is 12.1 Å². The number of benzene rings is 1. The first-order valence-electron chi connectivity index (χ1n) is 16.4. The Morgan fingerprint density at radius 3 is 2.45 bits per heavy atom. The largest absolute Gasteiger partial charge is 0.497 e. The Morgan fingerprint density at radius 2 is 1.80 bits per heavy atom. The van der Waals surface area contributed by atoms with E-state index in [1.54, 1.807) is 45.1 Å². The van der Waals surface area contributed by atoms with Gasteiger partial charge in [-0.1, -0.05) is 12.2 Å². The van der Waals surface area contributed by atoms with Gasteiger partial charge in [-0.25, -0.2) is 18.0 Å². The molecule has 49 heavy (non-hydrogen) atoms. The van der Waals surface area contributed by atoms with Gasteiger partial charge in [0.05, 0.1) is 31.1 Å². The fourth-order valence-electron chi connectivity index (χ4n) is 5.96. The van der Waals surface area contributed by atoms with Crippen molar-refractivity contribution in [3.63, 3.8) is 0 Å². The molecule has 0 radical (unpaired) electrons. The number of rotatable bonds is 7. The maximum absolute atomic E-state index is 14.2. The van der Waals surface area contributed by atoms with Gasteiger partial charge in [-0.15, -0.1) is 0 Å². The van der Waals surface area contributed by atoms with E-state index in [2.05, 4.69) is 15.4 Å². The molecule has 2 aliphatic heterocycles. The van der Waals surface area contributed by atoms with E-state index in [9.17, 15) is 32.4 Å². The van der Waals surface area contributed by atoms with Crippen LogP contribution in [0.5, 0.6) is 5.75 Å². The van der Waals surface area contributed by atoms with Crippen LogP contribution in [-0.2, 0) is 38.6 Å². The van der Waals surface area contributed by atoms with Gasteiger partial charge in [0.25, 0.3) is 5.91 Å². The van der Waals surface area contributed by atoms with Crippen LogP contribution >= 0.6 is 0 Å². The quantitative estimate of drug-likeness (QED) is 0.275. The van der Waals surface area contributed by atoms with Gasteiger partial charge in [0.15, 0.2) is 0 Å². The third-order valence-electron chi connectivity index (χ3n) is 8.77. The minimum atomic E-state index is -3.92. The molecule has 0 aromatic heterocycles. The van der Waals surface area contributed by atoms with Crippen molar-refractivity contribution in [3.8, 4) is 5.75 Å². The molecule has 15 nitrogen and oxygen atoms in total. The maximum Gasteiger partial charge on any atom is 0.408 e. The smallest absolute Gasteiger partial charge is 0.408 e. The molecular weight excluding hydrogens is 660 g/mol. The Bertz CT molecular complexity index is 1590. The zero-order valence-electron chi connectivity index (χ0n) is 28.1. The third kappa shape index (κ3) is 8.90. The molecule has 5 unspecified atom stereocenters. The predicted molar refractivity (Wildman–Crippen MR) is 174 cm³/mol. The number of esters is 1. The average Bonchev–Trinajstić information content (AvgIpc) is 3.95. The van der Waals surface area contributed by atoms with Gasteiger partial charge in [0, 0.05) is 18.9 Å². The first-order chi connectivity index (χ1) is 23.1. The standard InChI is InChI=1S/C33H44N4O11S/c1-32(2,3)48-31(42)34-25-8-6-16-46-15-5-7-21-18-33(21,30(41)36-49(43,44)24-13-14-24)35-27(38)26-17-23(19-37(26)28(25)39)47-29(40)20-9-11-22(45-4)12-10-20/h5,7,9-12,21,23-26H,6,8,13-19H2,1-4H3,(H,34,42)(H,35,38)(H,36,41)/b7-5+. The molecule has 4 amide bonds. The summed E-state index contributed by atoms with van der Waals surface area (Å²) >= 11 is 0. The highest BCUT2D eigenvalue weighted by atomic mass is 32.2. The summed E-state index contributed by atoms with van der Waals surface area (Å²) in [6.45, 7) is 5.28. The van der Waals surface area contributed by atoms with Crippen molar-refractivity contribution in [2.75, 3.05) is 26.9 Å². The van der Waals surface area contributed by atoms with Crippen molar-refractivity contribution in [2.45, 2.75) is 93.9 Å². The Morgan fingerprint density at radius 1 is 1.08 bits per heavy atom. The van der Waals surface area contributed by atoms with Crippen LogP contribution in [0, 0.1) is 5.92 Å². The molecule has 5 atom stereocenters. The number of fused-ring (bicyclic) bond motifs is 2. The molecule has 0 spiro atoms. The van der Waals surface area contributed by atoms with Crippen LogP contribution in [0.3, 0.4) is 0 Å². The highest BCUT2D eigenvalue weighted by Crippen LogP contribution is 2.46. The van der Waals surface area contributed by atoms with E-state index in [-0.39, 0.29) is 44.6 Å². The summed E-state index contributed by atoms with van der Waals surface area (Å²) in [5.74, 6) is -2.89. The summed E-state index contributed by atoms with van der Waals surface area (Å²) in [6, 6.07) is 3.89. The summed E-state index contributed by atoms with van der Waals surface area (Å²) in [5.41, 5.74) is -2.20. The van der Waals surface area contributed by atoms with Crippen LogP contribution < -0.4 is 20.1 Å². The summed E-state index contributed by atoms with van der Waals surface area (Å²) in [7, 11) is -2.43. The second kappa shape index (κ2) is 14.4. The summed E-state index contributed by atoms with van der Waals surface area (Å²) < 4.78 is 49.5. The molecule has 0 bridgehead atoms. The molecule has 16 heteroatoms. The van der Waals surface area contributed by atoms with Crippen molar-refractivity contribution < 1.29 is 51.3 Å². The van der Waals surface area contributed by atoms with Crippen molar-refractivity contribution in [1.82, 2.24) is 20.3 Å². The number of nitrogens with zero attached hydrogens (tertiary/aromatic N) is 1. The van der Waals surface area contributed by atoms with Crippen LogP contribution in [-0.4, -0.2) is 105 Å². The molecule has 2 saturated carbocycles. The molecule has 268 valence electrons. The summed E-state index contributed by atoms with van der Waals surface area (Å²) in [6.07, 6.45) is 3.06. The average molecular weight is 705 g/mol. The number of carbonyl (C=O) groups excluding carboxylic acids is 5. The van der Waals surface area contributed by atoms with Crippen molar-refractivity contribution in [3.05, 3.63) is 42.0 Å². The Labute approximate surface area is 285 Å². The van der Waals surface area contributed by atoms with Gasteiger partial charge < -0.3 is 34.5 Å². The van der Waals surface area contributed by atoms with Crippen LogP contribution in [0.1, 0.15) is 69.7 Å². The van der Waals surface area contributed by atoms with Crippen LogP contribution in [0.15, 0.2) is 36.4 Å². The van der Waals surface area contributed by atoms with E-state index in [1.165, 1.54) is 24.1 Å². The number of nitrogens with one attached hydrogen (secondary N) is 3. The molecule has 2 heterocycles. The lowest BCUT2D eigenvalue weighted by atomic mass is 10.1. The first-order valence-corrected chi connectivity index (χ1v) is 17.9. The lowest BCUT2D eigenvalue weighted by molar-refractivity contribution is -0.141. The third-order valence-corrected chi connectivity index (χ3v) is 10.6. The SMILES string of the molecule is COc1ccc(C(=O)OC2CC3C(=O)NC4(C(=O)NS(=O)(=O)C5CC5)CC4/C=C/COCCCC(NC(=O)OC(C)(C)C)C(=O)N3C2)cc1. The fraction of sp³-hybridized carbons (Fsp3) is 0.606. The minimum Gasteiger partial charge on any atom is -0.497 e. The first kappa shape index (κ1) is 36.1. The van der Waals surface area contributed by atoms with Crippen molar-refractivity contribution in [2.24, 2.45) is 5.92 Å². The van der Waals surface area contributed by atoms with Crippen LogP contribution in [0.2, 0.25) is 0 Å². The summed E-state index contributed by atoms with van der Waals surface area (Å²) in [4.78, 5) is 68.9. The number of hydrogen-bond acceptors (Lipinski definition) is 11. The highest BCUT2D eigenvalue weighted by molar-refractivity contribution is 7.91. The molecule has 1 aromatic carbocycles. The van der Waals surface area contributed by atoms with E-state index >= 15 is 0 Å². The van der Waals surface area contributed by atoms with Crippen LogP contribution in [0.4, 0.5) is 4.79 Å². The van der Waals surface area contributed by atoms with Crippen molar-refractivity contribution >= 4 is 39.8 Å². The summed E-state index contributed by atoms with van der Waals surface area (Å²) in [5, 5.41) is 4.70. The zero-order valence-corrected chi connectivity index (χ0v) is 28.9. The van der Waals surface area contributed by atoms with Gasteiger partial charge in [-0.2, -0.15) is 0 Å². The highest BCUT2D eigenvalue weighted by Gasteiger charge is 2.62. The maximum atomic E-state index is 14.2. The van der Waals surface area contributed by atoms with Gasteiger partial charge in [-0.3, -0.25) is 19.1 Å². The Balaban J connectivity index is 1.42. The number of ether oxygens (including phenoxy) is 4. The zero-order chi connectivity index (χ0) is 35.6. The van der Waals surface area contributed by atoms with Crippen LogP contribution in [0.25, 0.3) is 0 Å². The second-order valence-electron chi connectivity index (χ2n) is 13.8. The second-order valence-corrected chi connectivity index (χ2v) is 15.7. The lowest BCUT2D eigenvalue weighted by Gasteiger charge is -2.30. The van der Waals surface area contributed by atoms with E-state index < -0.39 is 80.3 Å². The Kier molecular flexibility index (Phi) is 10.6. The molecule has 2 aliphatic carbocycles. The number of alkyl carbamates (subject to hydrolysis) is 1. The molecule has 1 saturated heterocycles. The topological polar surface area (TPSA) is 196 Å². The lowest BCUT2D eigenvalue weighted by Crippen LogP contribution is -2.58. The number of hydrogen-bond donors (Lipinski definition) is 3. The fourth-order valence-corrected chi connectivity index (χ4v) is 7.32. The van der Waals surface area contributed by atoms with Crippen molar-refractivity contribution in [1.29, 1.82) is 0 Å². The van der Waals surface area contributed by atoms with Gasteiger partial charge in [0.1, 0.15) is 35.1 Å². The van der Waals surface area contributed by atoms with E-state index in [4.69, 9.17) is 18.9 Å². The molecule has 3 N–H and O–H groups in total. The number of methoxy groups -OCH3 is 1. The monoisotopic (exact) mass is 704 g/mol. The molecule has 1 aromatic rings. The predicted octanol–water partition coefficient (Wildman–Crippen LogP) is 1.56. The molecule has 5 rings (SSSR count). The van der Waals surface area contributed by atoms with E-state index in [0.717, 1.165) is 0 Å². The minimum absolute atomic E-state index is 0.111. The molecular formula is C33H44N4O11S. The van der Waals surface area contributed by atoms with E-state index in [0.29, 0.717) is 25.0 Å². The number of sulfonamides is 1. The molecule has 3 fully saturated rings. The number of carbonyl (C=O) groups is 5. The number of amides is 4. The van der Waals surface area contributed by atoms with Gasteiger partial charge in [-0.05, 0) is 77.1 Å². The van der Waals surface area contributed by atoms with Gasteiger partial charge in [0.2, 0.25) is 21.8 Å². The normalized spacial score (nSPS) is 28.4. The van der Waals surface area contributed by atoms with E-state index in [1.807, 2.05) is 0 Å². The Hall–Kier alpha value is -4.18. The molecule has 4 aliphatic rings.